The summed E-state index contributed by atoms with van der Waals surface area (Å²) in [5.41, 5.74) is 9.32. The van der Waals surface area contributed by atoms with Crippen molar-refractivity contribution in [3.8, 4) is 6.07 Å². The Morgan fingerprint density at radius 1 is 1.13 bits per heavy atom. The van der Waals surface area contributed by atoms with Crippen molar-refractivity contribution in [1.29, 1.82) is 5.26 Å². The second kappa shape index (κ2) is 8.18. The van der Waals surface area contributed by atoms with E-state index in [1.165, 1.54) is 6.20 Å². The van der Waals surface area contributed by atoms with Crippen LogP contribution < -0.4 is 5.73 Å². The summed E-state index contributed by atoms with van der Waals surface area (Å²) >= 11 is 0. The molecule has 0 saturated carbocycles. The van der Waals surface area contributed by atoms with Gasteiger partial charge >= 0.3 is 0 Å². The van der Waals surface area contributed by atoms with Crippen LogP contribution in [0.4, 0.5) is 0 Å². The van der Waals surface area contributed by atoms with Crippen molar-refractivity contribution in [2.75, 3.05) is 0 Å². The highest BCUT2D eigenvalue weighted by atomic mass is 16.2. The van der Waals surface area contributed by atoms with E-state index in [-0.39, 0.29) is 11.9 Å². The van der Waals surface area contributed by atoms with E-state index in [0.29, 0.717) is 23.1 Å². The highest BCUT2D eigenvalue weighted by Gasteiger charge is 2.39. The molecule has 0 fully saturated rings. The quantitative estimate of drug-likeness (QED) is 0.715. The standard InChI is InChI=1S/C24H20N4O2/c25-14-16-8-9-17-10-11-21(20(17)13-16)28(24(30)19-7-4-12-27-15-19)22(23(26)29)18-5-2-1-3-6-18/h1-9,12-13,15,21-22H,10-11H2,(H2,26,29)/t21-,22-/m1/s1. The lowest BCUT2D eigenvalue weighted by Gasteiger charge is -2.35. The molecule has 0 radical (unpaired) electrons. The first-order valence-corrected chi connectivity index (χ1v) is 9.70. The molecular formula is C24H20N4O2. The zero-order valence-corrected chi connectivity index (χ0v) is 16.2. The fourth-order valence-corrected chi connectivity index (χ4v) is 4.11. The largest absolute Gasteiger partial charge is 0.368 e. The number of hydrogen-bond acceptors (Lipinski definition) is 4. The molecule has 2 aromatic carbocycles. The lowest BCUT2D eigenvalue weighted by molar-refractivity contribution is -0.123. The van der Waals surface area contributed by atoms with E-state index in [1.54, 1.807) is 47.5 Å². The number of nitrogens with two attached hydrogens (primary N) is 1. The van der Waals surface area contributed by atoms with E-state index < -0.39 is 11.9 Å². The number of aryl methyl sites for hydroxylation is 1. The number of benzene rings is 2. The topological polar surface area (TPSA) is 100 Å². The van der Waals surface area contributed by atoms with Crippen molar-refractivity contribution in [3.05, 3.63) is 101 Å². The first-order chi connectivity index (χ1) is 14.6. The molecular weight excluding hydrogens is 376 g/mol. The Balaban J connectivity index is 1.87. The smallest absolute Gasteiger partial charge is 0.256 e. The van der Waals surface area contributed by atoms with Gasteiger partial charge in [0.2, 0.25) is 5.91 Å². The average Bonchev–Trinajstić information content (AvgIpc) is 3.20. The second-order valence-corrected chi connectivity index (χ2v) is 7.25. The number of nitrogens with zero attached hydrogens (tertiary/aromatic N) is 3. The Morgan fingerprint density at radius 2 is 1.93 bits per heavy atom. The minimum absolute atomic E-state index is 0.323. The van der Waals surface area contributed by atoms with Gasteiger partial charge in [-0.2, -0.15) is 5.26 Å². The van der Waals surface area contributed by atoms with Crippen molar-refractivity contribution in [3.63, 3.8) is 0 Å². The van der Waals surface area contributed by atoms with Gasteiger partial charge in [-0.3, -0.25) is 14.6 Å². The number of aromatic nitrogens is 1. The highest BCUT2D eigenvalue weighted by molar-refractivity contribution is 5.97. The second-order valence-electron chi connectivity index (χ2n) is 7.25. The molecule has 3 aromatic rings. The molecule has 148 valence electrons. The zero-order valence-electron chi connectivity index (χ0n) is 16.2. The molecule has 0 saturated heterocycles. The lowest BCUT2D eigenvalue weighted by Crippen LogP contribution is -2.43. The van der Waals surface area contributed by atoms with E-state index in [1.807, 2.05) is 24.3 Å². The predicted molar refractivity (Wildman–Crippen MR) is 111 cm³/mol. The first-order valence-electron chi connectivity index (χ1n) is 9.70. The van der Waals surface area contributed by atoms with Gasteiger partial charge in [-0.15, -0.1) is 0 Å². The van der Waals surface area contributed by atoms with Crippen LogP contribution in [0.5, 0.6) is 0 Å². The first kappa shape index (κ1) is 19.3. The molecule has 0 spiro atoms. The number of amides is 2. The predicted octanol–water partition coefficient (Wildman–Crippen LogP) is 3.31. The van der Waals surface area contributed by atoms with E-state index in [0.717, 1.165) is 17.5 Å². The van der Waals surface area contributed by atoms with Gasteiger partial charge in [0.25, 0.3) is 5.91 Å². The van der Waals surface area contributed by atoms with Crippen LogP contribution in [0.25, 0.3) is 0 Å². The third-order valence-corrected chi connectivity index (χ3v) is 5.46. The molecule has 30 heavy (non-hydrogen) atoms. The van der Waals surface area contributed by atoms with E-state index >= 15 is 0 Å². The van der Waals surface area contributed by atoms with E-state index in [2.05, 4.69) is 11.1 Å². The molecule has 1 heterocycles. The minimum Gasteiger partial charge on any atom is -0.368 e. The van der Waals surface area contributed by atoms with Gasteiger partial charge in [0.05, 0.1) is 23.2 Å². The molecule has 0 unspecified atom stereocenters. The molecule has 0 aliphatic heterocycles. The zero-order chi connectivity index (χ0) is 21.1. The summed E-state index contributed by atoms with van der Waals surface area (Å²) in [6.07, 6.45) is 4.48. The van der Waals surface area contributed by atoms with Crippen LogP contribution in [0.15, 0.2) is 73.1 Å². The van der Waals surface area contributed by atoms with Crippen LogP contribution in [0.3, 0.4) is 0 Å². The van der Waals surface area contributed by atoms with Crippen molar-refractivity contribution < 1.29 is 9.59 Å². The van der Waals surface area contributed by atoms with Gasteiger partial charge in [0.1, 0.15) is 6.04 Å². The van der Waals surface area contributed by atoms with Crippen molar-refractivity contribution in [2.24, 2.45) is 5.73 Å². The van der Waals surface area contributed by atoms with Crippen molar-refractivity contribution >= 4 is 11.8 Å². The Hall–Kier alpha value is -3.98. The van der Waals surface area contributed by atoms with Gasteiger partial charge < -0.3 is 10.6 Å². The Morgan fingerprint density at radius 3 is 2.60 bits per heavy atom. The maximum Gasteiger partial charge on any atom is 0.256 e. The molecule has 2 atom stereocenters. The summed E-state index contributed by atoms with van der Waals surface area (Å²) in [5, 5.41) is 9.34. The molecule has 4 rings (SSSR count). The lowest BCUT2D eigenvalue weighted by atomic mass is 9.97. The molecule has 6 nitrogen and oxygen atoms in total. The van der Waals surface area contributed by atoms with Crippen LogP contribution in [-0.2, 0) is 11.2 Å². The fraction of sp³-hybridized carbons (Fsp3) is 0.167. The SMILES string of the molecule is N#Cc1ccc2c(c1)[C@H](N(C(=O)c1cccnc1)[C@@H](C(N)=O)c1ccccc1)CC2. The highest BCUT2D eigenvalue weighted by Crippen LogP contribution is 2.41. The van der Waals surface area contributed by atoms with Crippen molar-refractivity contribution in [1.82, 2.24) is 9.88 Å². The van der Waals surface area contributed by atoms with Crippen LogP contribution in [0.1, 0.15) is 51.1 Å². The summed E-state index contributed by atoms with van der Waals surface area (Å²) in [4.78, 5) is 31.9. The number of primary amides is 1. The van der Waals surface area contributed by atoms with Crippen molar-refractivity contribution in [2.45, 2.75) is 24.9 Å². The number of fused-ring (bicyclic) bond motifs is 1. The summed E-state index contributed by atoms with van der Waals surface area (Å²) in [5.74, 6) is -0.931. The van der Waals surface area contributed by atoms with Crippen LogP contribution in [-0.4, -0.2) is 21.7 Å². The molecule has 6 heteroatoms. The Bertz CT molecular complexity index is 1120. The summed E-state index contributed by atoms with van der Waals surface area (Å²) in [6, 6.07) is 18.8. The van der Waals surface area contributed by atoms with Gasteiger partial charge in [-0.05, 0) is 53.8 Å². The number of nitriles is 1. The fourth-order valence-electron chi connectivity index (χ4n) is 4.11. The summed E-state index contributed by atoms with van der Waals surface area (Å²) in [7, 11) is 0. The minimum atomic E-state index is -0.944. The maximum atomic E-state index is 13.6. The molecule has 1 aliphatic rings. The number of carbonyl (C=O) groups excluding carboxylic acids is 2. The van der Waals surface area contributed by atoms with E-state index in [9.17, 15) is 14.9 Å². The number of hydrogen-bond donors (Lipinski definition) is 1. The summed E-state index contributed by atoms with van der Waals surface area (Å²) in [6.45, 7) is 0. The molecule has 1 aliphatic carbocycles. The normalized spacial score (nSPS) is 15.6. The Labute approximate surface area is 174 Å². The number of carbonyl (C=O) groups is 2. The molecule has 1 aromatic heterocycles. The monoisotopic (exact) mass is 396 g/mol. The van der Waals surface area contributed by atoms with E-state index in [4.69, 9.17) is 5.73 Å². The number of pyridine rings is 1. The van der Waals surface area contributed by atoms with Crippen LogP contribution in [0.2, 0.25) is 0 Å². The molecule has 2 N–H and O–H groups in total. The van der Waals surface area contributed by atoms with Gasteiger partial charge in [-0.1, -0.05) is 36.4 Å². The summed E-state index contributed by atoms with van der Waals surface area (Å²) < 4.78 is 0. The number of rotatable bonds is 5. The third-order valence-electron chi connectivity index (χ3n) is 5.46. The van der Waals surface area contributed by atoms with Crippen LogP contribution >= 0.6 is 0 Å². The maximum absolute atomic E-state index is 13.6. The van der Waals surface area contributed by atoms with Gasteiger partial charge in [-0.25, -0.2) is 0 Å². The van der Waals surface area contributed by atoms with Gasteiger partial charge in [0, 0.05) is 12.4 Å². The third kappa shape index (κ3) is 3.53. The average molecular weight is 396 g/mol. The molecule has 2 amide bonds. The van der Waals surface area contributed by atoms with Crippen LogP contribution in [0, 0.1) is 11.3 Å². The Kier molecular flexibility index (Phi) is 5.27. The molecule has 0 bridgehead atoms. The van der Waals surface area contributed by atoms with Gasteiger partial charge in [0.15, 0.2) is 0 Å².